The van der Waals surface area contributed by atoms with Crippen molar-refractivity contribution < 1.29 is 23.9 Å². The molecule has 1 N–H and O–H groups in total. The Labute approximate surface area is 241 Å². The average Bonchev–Trinajstić information content (AvgIpc) is 3.31. The van der Waals surface area contributed by atoms with Crippen LogP contribution in [0.4, 0.5) is 10.6 Å². The maximum Gasteiger partial charge on any atom is 0.410 e. The lowest BCUT2D eigenvalue weighted by molar-refractivity contribution is -0.138. The van der Waals surface area contributed by atoms with E-state index in [-0.39, 0.29) is 23.4 Å². The van der Waals surface area contributed by atoms with E-state index in [9.17, 15) is 14.4 Å². The van der Waals surface area contributed by atoms with Crippen LogP contribution in [0, 0.1) is 11.3 Å². The molecule has 1 spiro atoms. The zero-order chi connectivity index (χ0) is 29.4. The summed E-state index contributed by atoms with van der Waals surface area (Å²) >= 11 is 0. The molecular formula is C33H39N3O5. The molecule has 1 aromatic carbocycles. The highest BCUT2D eigenvalue weighted by molar-refractivity contribution is 6.05. The minimum atomic E-state index is -0.498. The molecule has 2 amide bonds. The summed E-state index contributed by atoms with van der Waals surface area (Å²) in [6.07, 6.45) is 6.97. The van der Waals surface area contributed by atoms with Gasteiger partial charge in [0.25, 0.3) is 5.91 Å². The maximum atomic E-state index is 12.9. The normalized spacial score (nSPS) is 18.0. The largest absolute Gasteiger partial charge is 0.462 e. The lowest BCUT2D eigenvalue weighted by Gasteiger charge is -2.59. The molecule has 2 fully saturated rings. The Morgan fingerprint density at radius 3 is 2.41 bits per heavy atom. The van der Waals surface area contributed by atoms with Crippen molar-refractivity contribution in [3.63, 3.8) is 0 Å². The van der Waals surface area contributed by atoms with Crippen LogP contribution in [0.1, 0.15) is 75.4 Å². The van der Waals surface area contributed by atoms with Gasteiger partial charge in [-0.1, -0.05) is 24.6 Å². The summed E-state index contributed by atoms with van der Waals surface area (Å²) in [6.45, 7) is 11.2. The van der Waals surface area contributed by atoms with Crippen LogP contribution in [0.2, 0.25) is 0 Å². The van der Waals surface area contributed by atoms with Crippen LogP contribution >= 0.6 is 0 Å². The molecule has 1 saturated heterocycles. The molecule has 0 bridgehead atoms. The number of aryl methyl sites for hydroxylation is 1. The predicted molar refractivity (Wildman–Crippen MR) is 157 cm³/mol. The predicted octanol–water partition coefficient (Wildman–Crippen LogP) is 6.19. The number of hydrogen-bond donors (Lipinski definition) is 1. The molecule has 8 heteroatoms. The van der Waals surface area contributed by atoms with Gasteiger partial charge in [-0.05, 0) is 106 Å². The number of anilines is 1. The SMILES string of the molecule is CCOC(=O)C1=C(c2ccc(C(=O)Nc3cc(CC)ccn3)cc2)CC(C2CC3(C2)CN(C(=O)OC(C)(C)C)C3)=C1. The fraction of sp³-hybridized carbons (Fsp3) is 0.455. The summed E-state index contributed by atoms with van der Waals surface area (Å²) in [7, 11) is 0. The second-order valence-corrected chi connectivity index (χ2v) is 12.4. The number of pyridine rings is 1. The van der Waals surface area contributed by atoms with Gasteiger partial charge >= 0.3 is 12.1 Å². The van der Waals surface area contributed by atoms with E-state index in [4.69, 9.17) is 9.47 Å². The molecule has 41 heavy (non-hydrogen) atoms. The van der Waals surface area contributed by atoms with Crippen molar-refractivity contribution in [1.82, 2.24) is 9.88 Å². The first-order valence-corrected chi connectivity index (χ1v) is 14.4. The fourth-order valence-electron chi connectivity index (χ4n) is 6.03. The molecule has 5 rings (SSSR count). The Morgan fingerprint density at radius 2 is 1.78 bits per heavy atom. The number of carbonyl (C=O) groups is 3. The third-order valence-electron chi connectivity index (χ3n) is 8.09. The topological polar surface area (TPSA) is 97.8 Å². The first-order valence-electron chi connectivity index (χ1n) is 14.4. The number of amides is 2. The molecule has 2 aromatic rings. The lowest BCUT2D eigenvalue weighted by Crippen LogP contribution is -2.64. The Hall–Kier alpha value is -3.94. The number of rotatable bonds is 7. The first kappa shape index (κ1) is 28.6. The molecule has 0 radical (unpaired) electrons. The zero-order valence-corrected chi connectivity index (χ0v) is 24.6. The third kappa shape index (κ3) is 6.21. The van der Waals surface area contributed by atoms with Crippen LogP contribution < -0.4 is 5.32 Å². The van der Waals surface area contributed by atoms with Crippen LogP contribution in [0.3, 0.4) is 0 Å². The van der Waals surface area contributed by atoms with Gasteiger partial charge in [0.1, 0.15) is 11.4 Å². The quantitative estimate of drug-likeness (QED) is 0.408. The van der Waals surface area contributed by atoms with Crippen molar-refractivity contribution in [3.05, 3.63) is 76.5 Å². The summed E-state index contributed by atoms with van der Waals surface area (Å²) in [5.74, 6) is 0.335. The monoisotopic (exact) mass is 557 g/mol. The highest BCUT2D eigenvalue weighted by Crippen LogP contribution is 2.56. The molecule has 1 saturated carbocycles. The van der Waals surface area contributed by atoms with E-state index in [2.05, 4.69) is 17.2 Å². The van der Waals surface area contributed by atoms with Gasteiger partial charge < -0.3 is 19.7 Å². The van der Waals surface area contributed by atoms with Gasteiger partial charge in [-0.25, -0.2) is 14.6 Å². The first-order chi connectivity index (χ1) is 19.5. The molecule has 216 valence electrons. The standard InChI is InChI=1S/C33H39N3O5/c1-6-21-12-13-34-28(14-21)35-29(37)23-10-8-22(9-11-23)26-15-24(16-27(26)30(38)40-7-2)25-17-33(18-25)19-36(20-33)31(39)41-32(3,4)5/h8-14,16,25H,6-7,15,17-20H2,1-5H3,(H,34,35,37). The van der Waals surface area contributed by atoms with Gasteiger partial charge in [0.2, 0.25) is 0 Å². The van der Waals surface area contributed by atoms with Crippen molar-refractivity contribution >= 4 is 29.4 Å². The van der Waals surface area contributed by atoms with Crippen molar-refractivity contribution in [2.45, 2.75) is 65.9 Å². The number of hydrogen-bond acceptors (Lipinski definition) is 6. The molecular weight excluding hydrogens is 518 g/mol. The van der Waals surface area contributed by atoms with Crippen LogP contribution in [0.25, 0.3) is 5.57 Å². The smallest absolute Gasteiger partial charge is 0.410 e. The Bertz CT molecular complexity index is 1400. The van der Waals surface area contributed by atoms with E-state index < -0.39 is 5.60 Å². The summed E-state index contributed by atoms with van der Waals surface area (Å²) in [5.41, 5.74) is 4.91. The number of carbonyl (C=O) groups excluding carboxylic acids is 3. The average molecular weight is 558 g/mol. The maximum absolute atomic E-state index is 12.9. The fourth-order valence-corrected chi connectivity index (χ4v) is 6.03. The van der Waals surface area contributed by atoms with E-state index in [1.54, 1.807) is 30.2 Å². The number of nitrogens with one attached hydrogen (secondary N) is 1. The van der Waals surface area contributed by atoms with E-state index >= 15 is 0 Å². The molecule has 2 heterocycles. The molecule has 1 aliphatic heterocycles. The number of ether oxygens (including phenoxy) is 2. The van der Waals surface area contributed by atoms with Crippen molar-refractivity contribution in [2.75, 3.05) is 25.0 Å². The Balaban J connectivity index is 1.23. The van der Waals surface area contributed by atoms with Gasteiger partial charge in [-0.15, -0.1) is 0 Å². The highest BCUT2D eigenvalue weighted by Gasteiger charge is 2.55. The molecule has 0 atom stereocenters. The lowest BCUT2D eigenvalue weighted by atomic mass is 9.56. The number of likely N-dealkylation sites (tertiary alicyclic amines) is 1. The van der Waals surface area contributed by atoms with E-state index in [1.165, 1.54) is 5.57 Å². The van der Waals surface area contributed by atoms with Crippen molar-refractivity contribution in [1.29, 1.82) is 0 Å². The number of nitrogens with zero attached hydrogens (tertiary/aromatic N) is 2. The van der Waals surface area contributed by atoms with Crippen LogP contribution in [-0.4, -0.2) is 53.2 Å². The van der Waals surface area contributed by atoms with Gasteiger partial charge in [-0.2, -0.15) is 0 Å². The van der Waals surface area contributed by atoms with Crippen LogP contribution in [0.5, 0.6) is 0 Å². The number of allylic oxidation sites excluding steroid dienone is 2. The summed E-state index contributed by atoms with van der Waals surface area (Å²) in [5, 5.41) is 2.86. The molecule has 3 aliphatic rings. The molecule has 1 aromatic heterocycles. The summed E-state index contributed by atoms with van der Waals surface area (Å²) in [6, 6.07) is 11.1. The summed E-state index contributed by atoms with van der Waals surface area (Å²) < 4.78 is 10.9. The number of benzene rings is 1. The summed E-state index contributed by atoms with van der Waals surface area (Å²) in [4.78, 5) is 44.1. The minimum Gasteiger partial charge on any atom is -0.462 e. The zero-order valence-electron chi connectivity index (χ0n) is 24.6. The molecule has 2 aliphatic carbocycles. The van der Waals surface area contributed by atoms with E-state index in [0.29, 0.717) is 35.9 Å². The number of esters is 1. The van der Waals surface area contributed by atoms with E-state index in [0.717, 1.165) is 49.1 Å². The van der Waals surface area contributed by atoms with Gasteiger partial charge in [0.05, 0.1) is 12.2 Å². The second-order valence-electron chi connectivity index (χ2n) is 12.4. The van der Waals surface area contributed by atoms with Crippen molar-refractivity contribution in [3.8, 4) is 0 Å². The second kappa shape index (κ2) is 11.1. The van der Waals surface area contributed by atoms with Gasteiger partial charge in [0, 0.05) is 30.3 Å². The highest BCUT2D eigenvalue weighted by atomic mass is 16.6. The van der Waals surface area contributed by atoms with Gasteiger partial charge in [-0.3, -0.25) is 4.79 Å². The Kier molecular flexibility index (Phi) is 7.77. The van der Waals surface area contributed by atoms with Crippen molar-refractivity contribution in [2.24, 2.45) is 11.3 Å². The third-order valence-corrected chi connectivity index (χ3v) is 8.09. The van der Waals surface area contributed by atoms with Crippen LogP contribution in [-0.2, 0) is 20.7 Å². The molecule has 0 unspecified atom stereocenters. The Morgan fingerprint density at radius 1 is 1.07 bits per heavy atom. The van der Waals surface area contributed by atoms with E-state index in [1.807, 2.05) is 51.1 Å². The van der Waals surface area contributed by atoms with Gasteiger partial charge in [0.15, 0.2) is 0 Å². The molecule has 8 nitrogen and oxygen atoms in total. The van der Waals surface area contributed by atoms with Crippen LogP contribution in [0.15, 0.2) is 59.8 Å². The number of aromatic nitrogens is 1. The minimum absolute atomic E-state index is 0.149.